The summed E-state index contributed by atoms with van der Waals surface area (Å²) >= 11 is 0. The Kier molecular flexibility index (Phi) is 6.61. The molecule has 4 bridgehead atoms. The Hall–Kier alpha value is -1.38. The van der Waals surface area contributed by atoms with Gasteiger partial charge in [0.25, 0.3) is 5.91 Å². The summed E-state index contributed by atoms with van der Waals surface area (Å²) in [5, 5.41) is 0. The number of benzene rings is 1. The molecule has 34 heavy (non-hydrogen) atoms. The summed E-state index contributed by atoms with van der Waals surface area (Å²) in [6.45, 7) is 8.02. The highest BCUT2D eigenvalue weighted by Crippen LogP contribution is 2.60. The largest absolute Gasteiger partial charge is 0.361 e. The Morgan fingerprint density at radius 2 is 1.79 bits per heavy atom. The Morgan fingerprint density at radius 1 is 1.15 bits per heavy atom. The summed E-state index contributed by atoms with van der Waals surface area (Å²) in [7, 11) is -1.99. The van der Waals surface area contributed by atoms with E-state index in [2.05, 4.69) is 19.6 Å². The topological polar surface area (TPSA) is 41.9 Å². The van der Waals surface area contributed by atoms with E-state index in [0.29, 0.717) is 47.4 Å². The maximum Gasteiger partial charge on any atom is 0.258 e. The maximum absolute atomic E-state index is 14.7. The summed E-state index contributed by atoms with van der Waals surface area (Å²) in [5.74, 6) is 1.31. The van der Waals surface area contributed by atoms with Crippen LogP contribution in [0.2, 0.25) is 25.7 Å². The van der Waals surface area contributed by atoms with Gasteiger partial charge in [-0.05, 0) is 85.1 Å². The summed E-state index contributed by atoms with van der Waals surface area (Å²) in [5.41, 5.74) is 0.0199. The van der Waals surface area contributed by atoms with E-state index in [1.165, 1.54) is 31.4 Å². The van der Waals surface area contributed by atoms with Crippen molar-refractivity contribution in [3.63, 3.8) is 0 Å². The predicted molar refractivity (Wildman–Crippen MR) is 135 cm³/mol. The van der Waals surface area contributed by atoms with Gasteiger partial charge in [0, 0.05) is 37.4 Å². The fourth-order valence-corrected chi connectivity index (χ4v) is 9.26. The third kappa shape index (κ3) is 5.09. The van der Waals surface area contributed by atoms with Crippen LogP contribution in [0.1, 0.15) is 44.1 Å². The molecule has 4 aliphatic carbocycles. The van der Waals surface area contributed by atoms with Crippen molar-refractivity contribution in [2.45, 2.75) is 64.2 Å². The molecule has 4 saturated carbocycles. The molecule has 0 saturated heterocycles. The third-order valence-corrected chi connectivity index (χ3v) is 11.5. The molecular weight excluding hydrogens is 470 g/mol. The second-order valence-corrected chi connectivity index (χ2v) is 19.4. The van der Waals surface area contributed by atoms with E-state index >= 15 is 0 Å². The molecular formula is C26H36F2N2O2SSi. The zero-order valence-electron chi connectivity index (χ0n) is 20.5. The Labute approximate surface area is 205 Å². The van der Waals surface area contributed by atoms with Gasteiger partial charge >= 0.3 is 0 Å². The Bertz CT molecular complexity index is 1000. The molecule has 0 N–H and O–H groups in total. The minimum atomic E-state index is -1.19. The molecule has 0 spiro atoms. The van der Waals surface area contributed by atoms with Crippen molar-refractivity contribution in [2.75, 3.05) is 19.2 Å². The van der Waals surface area contributed by atoms with Gasteiger partial charge < -0.3 is 9.64 Å². The molecule has 1 atom stereocenters. The monoisotopic (exact) mass is 506 g/mol. The van der Waals surface area contributed by atoms with Gasteiger partial charge in [-0.1, -0.05) is 19.6 Å². The smallest absolute Gasteiger partial charge is 0.258 e. The second kappa shape index (κ2) is 9.25. The molecule has 0 aromatic heterocycles. The fraction of sp³-hybridized carbons (Fsp3) is 0.654. The molecule has 4 nitrogen and oxygen atoms in total. The van der Waals surface area contributed by atoms with Crippen molar-refractivity contribution in [3.8, 4) is 0 Å². The SMILES string of the molecule is C[Si](C)(C)CCOCN1C=C(c2ccc(F)cc2F)/S(=N/C(=O)C23CC4CC(CC(C4)C2)C3)C1. The highest BCUT2D eigenvalue weighted by molar-refractivity contribution is 7.97. The molecule has 1 amide bonds. The van der Waals surface area contributed by atoms with Crippen LogP contribution >= 0.6 is 0 Å². The molecule has 1 aliphatic heterocycles. The average molecular weight is 507 g/mol. The van der Waals surface area contributed by atoms with Gasteiger partial charge in [-0.15, -0.1) is 0 Å². The van der Waals surface area contributed by atoms with E-state index in [4.69, 9.17) is 9.10 Å². The second-order valence-electron chi connectivity index (χ2n) is 12.1. The lowest BCUT2D eigenvalue weighted by atomic mass is 9.49. The first-order valence-electron chi connectivity index (χ1n) is 12.6. The van der Waals surface area contributed by atoms with E-state index in [9.17, 15) is 13.6 Å². The zero-order chi connectivity index (χ0) is 24.1. The summed E-state index contributed by atoms with van der Waals surface area (Å²) in [4.78, 5) is 16.3. The summed E-state index contributed by atoms with van der Waals surface area (Å²) < 4.78 is 39.0. The molecule has 4 fully saturated rings. The normalized spacial score (nSPS) is 32.5. The van der Waals surface area contributed by atoms with Crippen LogP contribution in [0.3, 0.4) is 0 Å². The Balaban J connectivity index is 1.37. The van der Waals surface area contributed by atoms with Gasteiger partial charge in [0.05, 0.1) is 11.3 Å². The molecule has 6 rings (SSSR count). The Morgan fingerprint density at radius 3 is 2.38 bits per heavy atom. The minimum Gasteiger partial charge on any atom is -0.361 e. The van der Waals surface area contributed by atoms with Crippen molar-refractivity contribution >= 4 is 29.6 Å². The minimum absolute atomic E-state index is 0.0184. The first-order valence-corrected chi connectivity index (χ1v) is 17.6. The number of hydrogen-bond donors (Lipinski definition) is 0. The van der Waals surface area contributed by atoms with Gasteiger partial charge in [0.1, 0.15) is 18.4 Å². The van der Waals surface area contributed by atoms with Crippen LogP contribution in [-0.2, 0) is 20.2 Å². The van der Waals surface area contributed by atoms with Crippen molar-refractivity contribution in [2.24, 2.45) is 27.5 Å². The van der Waals surface area contributed by atoms with E-state index < -0.39 is 30.4 Å². The quantitative estimate of drug-likeness (QED) is 0.318. The lowest BCUT2D eigenvalue weighted by molar-refractivity contribution is -0.142. The molecule has 5 aliphatic rings. The van der Waals surface area contributed by atoms with Gasteiger partial charge in [-0.25, -0.2) is 8.78 Å². The van der Waals surface area contributed by atoms with Crippen molar-refractivity contribution in [1.29, 1.82) is 0 Å². The van der Waals surface area contributed by atoms with Crippen LogP contribution in [0.25, 0.3) is 4.91 Å². The summed E-state index contributed by atoms with van der Waals surface area (Å²) in [6, 6.07) is 4.72. The lowest BCUT2D eigenvalue weighted by Gasteiger charge is -2.55. The van der Waals surface area contributed by atoms with Crippen LogP contribution in [0.15, 0.2) is 28.8 Å². The third-order valence-electron chi connectivity index (χ3n) is 7.98. The summed E-state index contributed by atoms with van der Waals surface area (Å²) in [6.07, 6.45) is 8.57. The van der Waals surface area contributed by atoms with Crippen LogP contribution < -0.4 is 0 Å². The van der Waals surface area contributed by atoms with Gasteiger partial charge in [-0.3, -0.25) is 4.79 Å². The molecule has 0 radical (unpaired) electrons. The van der Waals surface area contributed by atoms with Crippen molar-refractivity contribution in [3.05, 3.63) is 41.6 Å². The number of hydrogen-bond acceptors (Lipinski definition) is 3. The molecule has 8 heteroatoms. The van der Waals surface area contributed by atoms with E-state index in [-0.39, 0.29) is 11.3 Å². The number of carbonyl (C=O) groups is 1. The fourth-order valence-electron chi connectivity index (χ4n) is 6.66. The number of amides is 1. The van der Waals surface area contributed by atoms with Crippen LogP contribution in [0.4, 0.5) is 8.78 Å². The first-order chi connectivity index (χ1) is 16.1. The molecule has 1 aromatic rings. The van der Waals surface area contributed by atoms with Crippen molar-refractivity contribution in [1.82, 2.24) is 4.90 Å². The number of nitrogens with zero attached hydrogens (tertiary/aromatic N) is 2. The lowest BCUT2D eigenvalue weighted by Crippen LogP contribution is -2.49. The van der Waals surface area contributed by atoms with E-state index in [1.54, 1.807) is 0 Å². The van der Waals surface area contributed by atoms with Crippen LogP contribution in [0.5, 0.6) is 0 Å². The maximum atomic E-state index is 14.7. The van der Waals surface area contributed by atoms with E-state index in [0.717, 1.165) is 31.4 Å². The number of ether oxygens (including phenoxy) is 1. The molecule has 1 aromatic carbocycles. The average Bonchev–Trinajstić information content (AvgIpc) is 3.12. The molecule has 186 valence electrons. The van der Waals surface area contributed by atoms with E-state index in [1.807, 2.05) is 11.1 Å². The van der Waals surface area contributed by atoms with Gasteiger partial charge in [-0.2, -0.15) is 4.36 Å². The zero-order valence-corrected chi connectivity index (χ0v) is 22.3. The number of halogens is 2. The first kappa shape index (κ1) is 24.3. The highest BCUT2D eigenvalue weighted by atomic mass is 32.2. The highest BCUT2D eigenvalue weighted by Gasteiger charge is 2.54. The predicted octanol–water partition coefficient (Wildman–Crippen LogP) is 6.39. The molecule has 1 heterocycles. The number of carbonyl (C=O) groups excluding carboxylic acids is 1. The molecule has 1 unspecified atom stereocenters. The van der Waals surface area contributed by atoms with Crippen LogP contribution in [-0.4, -0.2) is 38.1 Å². The standard InChI is InChI=1S/C26H36F2N2O2SSi/c1-34(2,3)7-6-32-16-30-15-24(22-5-4-21(27)11-23(22)28)33(17-30)29-25(31)26-12-18-8-19(13-26)10-20(9-18)14-26/h4-5,11,15,18-20H,6-10,12-14,16-17H2,1-3H3. The van der Waals surface area contributed by atoms with Gasteiger partial charge in [0.15, 0.2) is 0 Å². The van der Waals surface area contributed by atoms with Crippen LogP contribution in [0, 0.1) is 34.8 Å². The van der Waals surface area contributed by atoms with Crippen molar-refractivity contribution < 1.29 is 18.3 Å². The van der Waals surface area contributed by atoms with Gasteiger partial charge in [0.2, 0.25) is 0 Å². The number of rotatable bonds is 7.